The van der Waals surface area contributed by atoms with Gasteiger partial charge in [0.25, 0.3) is 0 Å². The van der Waals surface area contributed by atoms with Crippen LogP contribution in [0, 0.1) is 0 Å². The third kappa shape index (κ3) is 4.22. The molecule has 23 heavy (non-hydrogen) atoms. The molecule has 4 nitrogen and oxygen atoms in total. The van der Waals surface area contributed by atoms with Crippen LogP contribution in [0.15, 0.2) is 30.0 Å². The minimum atomic E-state index is 0.706. The number of hydrogen-bond donors (Lipinski definition) is 0. The Hall–Kier alpha value is -1.17. The van der Waals surface area contributed by atoms with E-state index in [4.69, 9.17) is 0 Å². The maximum Gasteiger partial charge on any atom is 0.0948 e. The minimum Gasteiger partial charge on any atom is -0.334 e. The molecule has 0 bridgehead atoms. The third-order valence-corrected chi connectivity index (χ3v) is 5.72. The van der Waals surface area contributed by atoms with E-state index in [9.17, 15) is 0 Å². The maximum absolute atomic E-state index is 4.33. The lowest BCUT2D eigenvalue weighted by molar-refractivity contribution is 0.164. The van der Waals surface area contributed by atoms with E-state index in [2.05, 4.69) is 50.7 Å². The molecule has 126 valence electrons. The van der Waals surface area contributed by atoms with Crippen molar-refractivity contribution in [3.63, 3.8) is 0 Å². The fourth-order valence-corrected chi connectivity index (χ4v) is 4.36. The first kappa shape index (κ1) is 16.7. The normalized spacial score (nSPS) is 19.0. The molecule has 2 aromatic rings. The first-order chi connectivity index (χ1) is 11.3. The monoisotopic (exact) mass is 332 g/mol. The van der Waals surface area contributed by atoms with Gasteiger partial charge in [0.05, 0.1) is 12.0 Å². The Morgan fingerprint density at radius 2 is 2.22 bits per heavy atom. The second-order valence-corrected chi connectivity index (χ2v) is 7.38. The molecule has 3 heterocycles. The Kier molecular flexibility index (Phi) is 5.86. The Bertz CT molecular complexity index is 578. The number of likely N-dealkylation sites (N-methyl/N-ethyl adjacent to an activating group) is 1. The van der Waals surface area contributed by atoms with Crippen LogP contribution in [0.1, 0.15) is 37.3 Å². The number of aromatic nitrogens is 2. The number of imidazole rings is 1. The van der Waals surface area contributed by atoms with Crippen LogP contribution in [0.3, 0.4) is 0 Å². The molecule has 0 radical (unpaired) electrons. The van der Waals surface area contributed by atoms with Crippen LogP contribution in [0.5, 0.6) is 0 Å². The summed E-state index contributed by atoms with van der Waals surface area (Å²) in [6, 6.07) is 5.11. The molecule has 5 heteroatoms. The highest BCUT2D eigenvalue weighted by molar-refractivity contribution is 7.09. The van der Waals surface area contributed by atoms with Gasteiger partial charge in [0.1, 0.15) is 0 Å². The van der Waals surface area contributed by atoms with Gasteiger partial charge < -0.3 is 4.57 Å². The van der Waals surface area contributed by atoms with Crippen LogP contribution in [0.25, 0.3) is 0 Å². The van der Waals surface area contributed by atoms with Crippen molar-refractivity contribution in [2.45, 2.75) is 52.4 Å². The lowest BCUT2D eigenvalue weighted by atomic mass is 10.2. The van der Waals surface area contributed by atoms with Crippen LogP contribution < -0.4 is 0 Å². The van der Waals surface area contributed by atoms with Gasteiger partial charge in [-0.2, -0.15) is 0 Å². The smallest absolute Gasteiger partial charge is 0.0948 e. The summed E-state index contributed by atoms with van der Waals surface area (Å²) in [7, 11) is 0. The summed E-state index contributed by atoms with van der Waals surface area (Å²) in [5.41, 5.74) is 1.32. The molecule has 1 aliphatic heterocycles. The molecule has 1 fully saturated rings. The Labute approximate surface area is 143 Å². The van der Waals surface area contributed by atoms with Gasteiger partial charge in [-0.1, -0.05) is 13.0 Å². The van der Waals surface area contributed by atoms with Crippen molar-refractivity contribution in [1.29, 1.82) is 0 Å². The van der Waals surface area contributed by atoms with E-state index >= 15 is 0 Å². The summed E-state index contributed by atoms with van der Waals surface area (Å²) in [6.07, 6.45) is 6.66. The van der Waals surface area contributed by atoms with Crippen molar-refractivity contribution in [3.8, 4) is 0 Å². The van der Waals surface area contributed by atoms with E-state index in [0.717, 1.165) is 26.2 Å². The van der Waals surface area contributed by atoms with Gasteiger partial charge >= 0.3 is 0 Å². The molecule has 1 atom stereocenters. The Morgan fingerprint density at radius 3 is 2.96 bits per heavy atom. The third-order valence-electron chi connectivity index (χ3n) is 4.86. The standard InChI is InChI=1S/C18H28N4S/c1-3-21-9-5-7-16(21)12-20(14-18-8-6-10-23-18)13-17-11-19-15-22(17)4-2/h6,8,10-11,15-16H,3-5,7,9,12-14H2,1-2H3/t16-/m0/s1. The Balaban J connectivity index is 1.70. The fraction of sp³-hybridized carbons (Fsp3) is 0.611. The number of nitrogens with zero attached hydrogens (tertiary/aromatic N) is 4. The van der Waals surface area contributed by atoms with Crippen molar-refractivity contribution >= 4 is 11.3 Å². The van der Waals surface area contributed by atoms with Crippen molar-refractivity contribution < 1.29 is 0 Å². The van der Waals surface area contributed by atoms with Crippen LogP contribution in [-0.2, 0) is 19.6 Å². The first-order valence-electron chi connectivity index (χ1n) is 8.78. The highest BCUT2D eigenvalue weighted by atomic mass is 32.1. The minimum absolute atomic E-state index is 0.706. The zero-order valence-electron chi connectivity index (χ0n) is 14.3. The highest BCUT2D eigenvalue weighted by Crippen LogP contribution is 2.21. The highest BCUT2D eigenvalue weighted by Gasteiger charge is 2.25. The molecule has 0 spiro atoms. The molecule has 2 aromatic heterocycles. The van der Waals surface area contributed by atoms with E-state index in [1.165, 1.54) is 36.5 Å². The SMILES string of the molecule is CCN1CCC[C@H]1CN(Cc1cccs1)Cc1cncn1CC. The van der Waals surface area contributed by atoms with Crippen LogP contribution in [-0.4, -0.2) is 45.0 Å². The lowest BCUT2D eigenvalue weighted by Gasteiger charge is -2.30. The summed E-state index contributed by atoms with van der Waals surface area (Å²) < 4.78 is 2.26. The maximum atomic E-state index is 4.33. The molecular formula is C18H28N4S. The lowest BCUT2D eigenvalue weighted by Crippen LogP contribution is -2.40. The van der Waals surface area contributed by atoms with Gasteiger partial charge in [-0.15, -0.1) is 11.3 Å². The van der Waals surface area contributed by atoms with Crippen LogP contribution in [0.2, 0.25) is 0 Å². The predicted molar refractivity (Wildman–Crippen MR) is 96.6 cm³/mol. The van der Waals surface area contributed by atoms with Gasteiger partial charge in [-0.05, 0) is 44.3 Å². The van der Waals surface area contributed by atoms with E-state index in [-0.39, 0.29) is 0 Å². The van der Waals surface area contributed by atoms with Gasteiger partial charge in [0.2, 0.25) is 0 Å². The second-order valence-electron chi connectivity index (χ2n) is 6.34. The average molecular weight is 333 g/mol. The fourth-order valence-electron chi connectivity index (χ4n) is 3.62. The summed E-state index contributed by atoms with van der Waals surface area (Å²) in [5.74, 6) is 0. The molecule has 0 N–H and O–H groups in total. The predicted octanol–water partition coefficient (Wildman–Crippen LogP) is 3.45. The molecule has 0 unspecified atom stereocenters. The number of thiophene rings is 1. The Morgan fingerprint density at radius 1 is 1.30 bits per heavy atom. The van der Waals surface area contributed by atoms with E-state index in [0.29, 0.717) is 6.04 Å². The number of likely N-dealkylation sites (tertiary alicyclic amines) is 1. The van der Waals surface area contributed by atoms with Crippen molar-refractivity contribution in [1.82, 2.24) is 19.4 Å². The number of rotatable bonds is 8. The molecule has 0 saturated carbocycles. The summed E-state index contributed by atoms with van der Waals surface area (Å²) in [4.78, 5) is 11.0. The summed E-state index contributed by atoms with van der Waals surface area (Å²) >= 11 is 1.86. The number of aryl methyl sites for hydroxylation is 1. The number of hydrogen-bond acceptors (Lipinski definition) is 4. The van der Waals surface area contributed by atoms with Gasteiger partial charge in [-0.25, -0.2) is 4.98 Å². The molecule has 0 aromatic carbocycles. The topological polar surface area (TPSA) is 24.3 Å². The first-order valence-corrected chi connectivity index (χ1v) is 9.66. The summed E-state index contributed by atoms with van der Waals surface area (Å²) in [5, 5.41) is 2.18. The largest absolute Gasteiger partial charge is 0.334 e. The van der Waals surface area contributed by atoms with Crippen LogP contribution >= 0.6 is 11.3 Å². The molecule has 1 saturated heterocycles. The average Bonchev–Trinajstić information content (AvgIpc) is 3.28. The zero-order valence-corrected chi connectivity index (χ0v) is 15.1. The molecular weight excluding hydrogens is 304 g/mol. The van der Waals surface area contributed by atoms with Crippen molar-refractivity contribution in [2.24, 2.45) is 0 Å². The second kappa shape index (κ2) is 8.08. The van der Waals surface area contributed by atoms with Gasteiger partial charge in [-0.3, -0.25) is 9.80 Å². The quantitative estimate of drug-likeness (QED) is 0.740. The van der Waals surface area contributed by atoms with E-state index in [1.54, 1.807) is 0 Å². The van der Waals surface area contributed by atoms with Crippen molar-refractivity contribution in [3.05, 3.63) is 40.6 Å². The molecule has 0 aliphatic carbocycles. The zero-order chi connectivity index (χ0) is 16.1. The van der Waals surface area contributed by atoms with Gasteiger partial charge in [0, 0.05) is 43.3 Å². The van der Waals surface area contributed by atoms with Crippen LogP contribution in [0.4, 0.5) is 0 Å². The van der Waals surface area contributed by atoms with Gasteiger partial charge in [0.15, 0.2) is 0 Å². The molecule has 1 aliphatic rings. The van der Waals surface area contributed by atoms with E-state index < -0.39 is 0 Å². The van der Waals surface area contributed by atoms with E-state index in [1.807, 2.05) is 23.9 Å². The van der Waals surface area contributed by atoms with Crippen molar-refractivity contribution in [2.75, 3.05) is 19.6 Å². The summed E-state index contributed by atoms with van der Waals surface area (Å²) in [6.45, 7) is 11.1. The molecule has 3 rings (SSSR count). The molecule has 0 amide bonds.